The van der Waals surface area contributed by atoms with E-state index in [1.165, 1.54) is 6.54 Å². The number of halogens is 2. The third kappa shape index (κ3) is 4.74. The Hall–Kier alpha value is -2.08. The highest BCUT2D eigenvalue weighted by Gasteiger charge is 2.18. The lowest BCUT2D eigenvalue weighted by molar-refractivity contribution is 0.231. The number of hydrogen-bond acceptors (Lipinski definition) is 4. The van der Waals surface area contributed by atoms with Crippen molar-refractivity contribution in [3.8, 4) is 22.6 Å². The van der Waals surface area contributed by atoms with Gasteiger partial charge >= 0.3 is 0 Å². The number of piperazine rings is 1. The van der Waals surface area contributed by atoms with Gasteiger partial charge in [-0.15, -0.1) is 0 Å². The summed E-state index contributed by atoms with van der Waals surface area (Å²) in [6.45, 7) is 9.92. The van der Waals surface area contributed by atoms with Crippen LogP contribution in [-0.2, 0) is 0 Å². The van der Waals surface area contributed by atoms with E-state index in [2.05, 4.69) is 50.7 Å². The number of rotatable bonds is 5. The lowest BCUT2D eigenvalue weighted by Crippen LogP contribution is -2.47. The zero-order valence-electron chi connectivity index (χ0n) is 16.7. The summed E-state index contributed by atoms with van der Waals surface area (Å²) >= 11 is 12.1. The SMILES string of the molecule is CC(C)CN1CCN(c2ccc(-c3ncc(-c4ccc(Cl)c(Cl)c4)[nH]3)cn2)CC1. The van der Waals surface area contributed by atoms with Crippen LogP contribution in [0.25, 0.3) is 22.6 Å². The molecule has 7 heteroatoms. The molecule has 0 radical (unpaired) electrons. The van der Waals surface area contributed by atoms with Crippen molar-refractivity contribution >= 4 is 29.0 Å². The summed E-state index contributed by atoms with van der Waals surface area (Å²) < 4.78 is 0. The summed E-state index contributed by atoms with van der Waals surface area (Å²) in [5, 5.41) is 1.07. The van der Waals surface area contributed by atoms with E-state index < -0.39 is 0 Å². The molecular formula is C22H25Cl2N5. The lowest BCUT2D eigenvalue weighted by Gasteiger charge is -2.36. The van der Waals surface area contributed by atoms with Crippen LogP contribution < -0.4 is 4.90 Å². The van der Waals surface area contributed by atoms with Crippen molar-refractivity contribution in [3.05, 3.63) is 52.8 Å². The first-order valence-corrected chi connectivity index (χ1v) is 10.7. The second-order valence-electron chi connectivity index (χ2n) is 7.86. The first kappa shape index (κ1) is 20.2. The normalized spacial score (nSPS) is 15.3. The predicted molar refractivity (Wildman–Crippen MR) is 121 cm³/mol. The number of benzene rings is 1. The number of imidazole rings is 1. The van der Waals surface area contributed by atoms with Crippen LogP contribution in [-0.4, -0.2) is 52.6 Å². The van der Waals surface area contributed by atoms with Crippen molar-refractivity contribution in [2.75, 3.05) is 37.6 Å². The fraction of sp³-hybridized carbons (Fsp3) is 0.364. The molecule has 5 nitrogen and oxygen atoms in total. The van der Waals surface area contributed by atoms with E-state index in [1.807, 2.05) is 18.3 Å². The largest absolute Gasteiger partial charge is 0.354 e. The second kappa shape index (κ2) is 8.74. The Morgan fingerprint density at radius 1 is 0.931 bits per heavy atom. The summed E-state index contributed by atoms with van der Waals surface area (Å²) in [6, 6.07) is 9.69. The highest BCUT2D eigenvalue weighted by Crippen LogP contribution is 2.29. The van der Waals surface area contributed by atoms with E-state index in [1.54, 1.807) is 12.3 Å². The van der Waals surface area contributed by atoms with Gasteiger partial charge in [-0.2, -0.15) is 0 Å². The Morgan fingerprint density at radius 3 is 2.34 bits per heavy atom. The Bertz CT molecular complexity index is 960. The monoisotopic (exact) mass is 429 g/mol. The molecule has 0 aliphatic carbocycles. The van der Waals surface area contributed by atoms with Gasteiger partial charge in [0.15, 0.2) is 0 Å². The van der Waals surface area contributed by atoms with Crippen LogP contribution in [0.4, 0.5) is 5.82 Å². The Labute approximate surface area is 181 Å². The van der Waals surface area contributed by atoms with Crippen molar-refractivity contribution in [1.29, 1.82) is 0 Å². The van der Waals surface area contributed by atoms with E-state index >= 15 is 0 Å². The third-order valence-corrected chi connectivity index (χ3v) is 5.89. The molecular weight excluding hydrogens is 405 g/mol. The average molecular weight is 430 g/mol. The molecule has 2 aromatic heterocycles. The number of aromatic amines is 1. The molecule has 152 valence electrons. The third-order valence-electron chi connectivity index (χ3n) is 5.15. The Balaban J connectivity index is 1.43. The number of H-pyrrole nitrogens is 1. The second-order valence-corrected chi connectivity index (χ2v) is 8.68. The number of pyridine rings is 1. The van der Waals surface area contributed by atoms with E-state index in [0.717, 1.165) is 54.6 Å². The fourth-order valence-corrected chi connectivity index (χ4v) is 3.97. The maximum absolute atomic E-state index is 6.13. The quantitative estimate of drug-likeness (QED) is 0.603. The molecule has 29 heavy (non-hydrogen) atoms. The van der Waals surface area contributed by atoms with Crippen LogP contribution in [0, 0.1) is 5.92 Å². The van der Waals surface area contributed by atoms with Gasteiger partial charge < -0.3 is 9.88 Å². The van der Waals surface area contributed by atoms with Gasteiger partial charge in [0.2, 0.25) is 0 Å². The van der Waals surface area contributed by atoms with Crippen LogP contribution in [0.1, 0.15) is 13.8 Å². The summed E-state index contributed by atoms with van der Waals surface area (Å²) in [5.41, 5.74) is 2.80. The van der Waals surface area contributed by atoms with Gasteiger partial charge in [0, 0.05) is 50.0 Å². The van der Waals surface area contributed by atoms with Gasteiger partial charge in [-0.05, 0) is 30.2 Å². The summed E-state index contributed by atoms with van der Waals surface area (Å²) in [5.74, 6) is 2.52. The van der Waals surface area contributed by atoms with E-state index in [0.29, 0.717) is 16.0 Å². The standard InChI is InChI=1S/C22H25Cl2N5/c1-15(2)14-28-7-9-29(10-8-28)21-6-4-17(12-25-21)22-26-13-20(27-22)16-3-5-18(23)19(24)11-16/h3-6,11-13,15H,7-10,14H2,1-2H3,(H,26,27). The summed E-state index contributed by atoms with van der Waals surface area (Å²) in [4.78, 5) is 17.4. The van der Waals surface area contributed by atoms with Crippen LogP contribution in [0.5, 0.6) is 0 Å². The number of hydrogen-bond donors (Lipinski definition) is 1. The first-order chi connectivity index (χ1) is 14.0. The molecule has 1 fully saturated rings. The maximum atomic E-state index is 6.13. The van der Waals surface area contributed by atoms with Crippen LogP contribution >= 0.6 is 23.2 Å². The summed E-state index contributed by atoms with van der Waals surface area (Å²) in [7, 11) is 0. The zero-order chi connectivity index (χ0) is 20.4. The molecule has 1 aromatic carbocycles. The molecule has 0 amide bonds. The highest BCUT2D eigenvalue weighted by molar-refractivity contribution is 6.42. The van der Waals surface area contributed by atoms with Gasteiger partial charge in [0.25, 0.3) is 0 Å². The number of nitrogens with zero attached hydrogens (tertiary/aromatic N) is 4. The Kier molecular flexibility index (Phi) is 6.09. The van der Waals surface area contributed by atoms with Crippen molar-refractivity contribution in [1.82, 2.24) is 19.9 Å². The lowest BCUT2D eigenvalue weighted by atomic mass is 10.2. The van der Waals surface area contributed by atoms with E-state index in [-0.39, 0.29) is 0 Å². The topological polar surface area (TPSA) is 48.0 Å². The first-order valence-electron chi connectivity index (χ1n) is 9.94. The zero-order valence-corrected chi connectivity index (χ0v) is 18.2. The molecule has 0 saturated carbocycles. The molecule has 0 unspecified atom stereocenters. The van der Waals surface area contributed by atoms with Crippen molar-refractivity contribution in [2.24, 2.45) is 5.92 Å². The van der Waals surface area contributed by atoms with Gasteiger partial charge in [-0.25, -0.2) is 9.97 Å². The van der Waals surface area contributed by atoms with Gasteiger partial charge in [0.1, 0.15) is 11.6 Å². The molecule has 3 aromatic rings. The van der Waals surface area contributed by atoms with Crippen LogP contribution in [0.2, 0.25) is 10.0 Å². The molecule has 1 aliphatic rings. The van der Waals surface area contributed by atoms with Gasteiger partial charge in [-0.3, -0.25) is 4.90 Å². The van der Waals surface area contributed by atoms with Gasteiger partial charge in [-0.1, -0.05) is 43.1 Å². The molecule has 0 spiro atoms. The smallest absolute Gasteiger partial charge is 0.139 e. The minimum Gasteiger partial charge on any atom is -0.354 e. The minimum absolute atomic E-state index is 0.528. The van der Waals surface area contributed by atoms with Crippen LogP contribution in [0.3, 0.4) is 0 Å². The highest BCUT2D eigenvalue weighted by atomic mass is 35.5. The molecule has 1 aliphatic heterocycles. The fourth-order valence-electron chi connectivity index (χ4n) is 3.67. The van der Waals surface area contributed by atoms with Crippen LogP contribution in [0.15, 0.2) is 42.7 Å². The van der Waals surface area contributed by atoms with Gasteiger partial charge in [0.05, 0.1) is 21.9 Å². The summed E-state index contributed by atoms with van der Waals surface area (Å²) in [6.07, 6.45) is 3.68. The number of aromatic nitrogens is 3. The molecule has 0 bridgehead atoms. The molecule has 4 rings (SSSR count). The maximum Gasteiger partial charge on any atom is 0.139 e. The van der Waals surface area contributed by atoms with Crippen molar-refractivity contribution in [2.45, 2.75) is 13.8 Å². The van der Waals surface area contributed by atoms with E-state index in [9.17, 15) is 0 Å². The average Bonchev–Trinajstić information content (AvgIpc) is 3.21. The predicted octanol–water partition coefficient (Wildman–Crippen LogP) is 5.22. The molecule has 1 N–H and O–H groups in total. The number of anilines is 1. The molecule has 0 atom stereocenters. The van der Waals surface area contributed by atoms with Crippen molar-refractivity contribution < 1.29 is 0 Å². The molecule has 3 heterocycles. The minimum atomic E-state index is 0.528. The van der Waals surface area contributed by atoms with Crippen molar-refractivity contribution in [3.63, 3.8) is 0 Å². The number of nitrogens with one attached hydrogen (secondary N) is 1. The van der Waals surface area contributed by atoms with E-state index in [4.69, 9.17) is 23.2 Å². The Morgan fingerprint density at radius 2 is 1.69 bits per heavy atom. The molecule has 1 saturated heterocycles.